The Morgan fingerprint density at radius 3 is 1.61 bits per heavy atom. The third-order valence-electron chi connectivity index (χ3n) is 11.1. The Hall–Kier alpha value is -5.02. The zero-order valence-corrected chi connectivity index (χ0v) is 31.1. The summed E-state index contributed by atoms with van der Waals surface area (Å²) in [6, 6.07) is 50.5. The SMILES string of the molecule is CCN(c1ccc(C(c2ccc(N(CC)c3cccc(C)c3)cc2)c2ccc(NC3CCCCC3C)c3ccccc23)cc1)c1cccc(C)c1. The number of aryl methyl sites for hydroxylation is 2. The van der Waals surface area contributed by atoms with Gasteiger partial charge in [0.25, 0.3) is 0 Å². The molecule has 0 bridgehead atoms. The van der Waals surface area contributed by atoms with Crippen LogP contribution < -0.4 is 15.1 Å². The number of rotatable bonds is 11. The summed E-state index contributed by atoms with van der Waals surface area (Å²) in [5, 5.41) is 6.62. The lowest BCUT2D eigenvalue weighted by Crippen LogP contribution is -2.30. The lowest BCUT2D eigenvalue weighted by atomic mass is 9.82. The number of benzene rings is 6. The fraction of sp³-hybridized carbons (Fsp3) is 0.292. The average molecular weight is 672 g/mol. The Morgan fingerprint density at radius 1 is 0.569 bits per heavy atom. The lowest BCUT2D eigenvalue weighted by Gasteiger charge is -2.31. The van der Waals surface area contributed by atoms with Gasteiger partial charge in [-0.3, -0.25) is 0 Å². The Labute approximate surface area is 306 Å². The lowest BCUT2D eigenvalue weighted by molar-refractivity contribution is 0.350. The molecule has 260 valence electrons. The van der Waals surface area contributed by atoms with Gasteiger partial charge in [0.15, 0.2) is 0 Å². The van der Waals surface area contributed by atoms with Crippen molar-refractivity contribution in [2.75, 3.05) is 28.2 Å². The zero-order chi connectivity index (χ0) is 35.3. The largest absolute Gasteiger partial charge is 0.382 e. The van der Waals surface area contributed by atoms with Gasteiger partial charge in [0, 0.05) is 58.9 Å². The fourth-order valence-corrected chi connectivity index (χ4v) is 8.30. The second kappa shape index (κ2) is 15.5. The van der Waals surface area contributed by atoms with Crippen molar-refractivity contribution < 1.29 is 0 Å². The van der Waals surface area contributed by atoms with Crippen molar-refractivity contribution in [3.63, 3.8) is 0 Å². The van der Waals surface area contributed by atoms with Crippen molar-refractivity contribution >= 4 is 39.2 Å². The third kappa shape index (κ3) is 7.40. The van der Waals surface area contributed by atoms with E-state index >= 15 is 0 Å². The molecular formula is C48H53N3. The minimum absolute atomic E-state index is 0.0729. The summed E-state index contributed by atoms with van der Waals surface area (Å²) in [5.74, 6) is 0.760. The van der Waals surface area contributed by atoms with Crippen LogP contribution in [-0.4, -0.2) is 19.1 Å². The average Bonchev–Trinajstić information content (AvgIpc) is 3.15. The van der Waals surface area contributed by atoms with Crippen LogP contribution in [0.5, 0.6) is 0 Å². The highest BCUT2D eigenvalue weighted by molar-refractivity contribution is 5.97. The van der Waals surface area contributed by atoms with Crippen LogP contribution in [0.3, 0.4) is 0 Å². The van der Waals surface area contributed by atoms with Crippen molar-refractivity contribution in [3.05, 3.63) is 161 Å². The van der Waals surface area contributed by atoms with Gasteiger partial charge in [-0.2, -0.15) is 0 Å². The fourth-order valence-electron chi connectivity index (χ4n) is 8.30. The molecule has 0 saturated heterocycles. The smallest absolute Gasteiger partial charge is 0.0422 e. The quantitative estimate of drug-likeness (QED) is 0.138. The van der Waals surface area contributed by atoms with Gasteiger partial charge in [0.1, 0.15) is 0 Å². The van der Waals surface area contributed by atoms with Crippen molar-refractivity contribution in [3.8, 4) is 0 Å². The van der Waals surface area contributed by atoms with Gasteiger partial charge in [-0.05, 0) is 134 Å². The zero-order valence-electron chi connectivity index (χ0n) is 31.1. The molecule has 0 aliphatic heterocycles. The minimum Gasteiger partial charge on any atom is -0.382 e. The first kappa shape index (κ1) is 34.4. The highest BCUT2D eigenvalue weighted by Crippen LogP contribution is 2.41. The maximum atomic E-state index is 4.00. The van der Waals surface area contributed by atoms with Gasteiger partial charge in [-0.25, -0.2) is 0 Å². The predicted octanol–water partition coefficient (Wildman–Crippen LogP) is 12.9. The van der Waals surface area contributed by atoms with E-state index in [0.29, 0.717) is 12.0 Å². The molecule has 0 aromatic heterocycles. The van der Waals surface area contributed by atoms with Crippen molar-refractivity contribution in [2.45, 2.75) is 72.3 Å². The van der Waals surface area contributed by atoms with E-state index in [1.54, 1.807) is 0 Å². The molecule has 2 atom stereocenters. The standard InChI is InChI=1S/C48H53N3/c1-6-50(41-17-12-14-34(3)32-41)39-26-22-37(23-27-39)48(38-24-28-40(29-25-38)51(7-2)42-18-13-15-35(4)33-42)45-30-31-47(44-20-10-9-19-43(44)45)49-46-21-11-8-16-36(46)5/h9-10,12-15,17-20,22-33,36,46,48-49H,6-8,11,16,21H2,1-5H3. The van der Waals surface area contributed by atoms with Crippen LogP contribution in [0.25, 0.3) is 10.8 Å². The minimum atomic E-state index is 0.0729. The van der Waals surface area contributed by atoms with E-state index in [4.69, 9.17) is 0 Å². The van der Waals surface area contributed by atoms with Gasteiger partial charge in [0.2, 0.25) is 0 Å². The van der Waals surface area contributed by atoms with Crippen LogP contribution in [-0.2, 0) is 0 Å². The second-order valence-corrected chi connectivity index (χ2v) is 14.5. The molecule has 0 radical (unpaired) electrons. The molecule has 1 aliphatic carbocycles. The summed E-state index contributed by atoms with van der Waals surface area (Å²) < 4.78 is 0. The van der Waals surface area contributed by atoms with Crippen LogP contribution in [0, 0.1) is 19.8 Å². The Bertz CT molecular complexity index is 1970. The summed E-state index contributed by atoms with van der Waals surface area (Å²) in [6.07, 6.45) is 5.21. The number of anilines is 5. The number of nitrogens with one attached hydrogen (secondary N) is 1. The van der Waals surface area contributed by atoms with Gasteiger partial charge in [-0.1, -0.05) is 98.6 Å². The maximum Gasteiger partial charge on any atom is 0.0422 e. The molecule has 2 unspecified atom stereocenters. The first-order valence-electron chi connectivity index (χ1n) is 19.1. The van der Waals surface area contributed by atoms with Crippen LogP contribution in [0.15, 0.2) is 133 Å². The van der Waals surface area contributed by atoms with E-state index in [-0.39, 0.29) is 5.92 Å². The molecule has 1 aliphatic rings. The van der Waals surface area contributed by atoms with E-state index in [0.717, 1.165) is 13.1 Å². The second-order valence-electron chi connectivity index (χ2n) is 14.5. The summed E-state index contributed by atoms with van der Waals surface area (Å²) >= 11 is 0. The molecule has 0 heterocycles. The topological polar surface area (TPSA) is 18.5 Å². The van der Waals surface area contributed by atoms with Crippen molar-refractivity contribution in [2.24, 2.45) is 5.92 Å². The summed E-state index contributed by atoms with van der Waals surface area (Å²) in [7, 11) is 0. The first-order valence-corrected chi connectivity index (χ1v) is 19.1. The molecule has 1 fully saturated rings. The van der Waals surface area contributed by atoms with Crippen LogP contribution >= 0.6 is 0 Å². The van der Waals surface area contributed by atoms with E-state index in [1.165, 1.54) is 92.7 Å². The number of hydrogen-bond donors (Lipinski definition) is 1. The Morgan fingerprint density at radius 2 is 1.10 bits per heavy atom. The molecule has 0 spiro atoms. The van der Waals surface area contributed by atoms with Gasteiger partial charge in [-0.15, -0.1) is 0 Å². The third-order valence-corrected chi connectivity index (χ3v) is 11.1. The number of fused-ring (bicyclic) bond motifs is 1. The van der Waals surface area contributed by atoms with Crippen LogP contribution in [0.4, 0.5) is 28.4 Å². The van der Waals surface area contributed by atoms with Gasteiger partial charge in [0.05, 0.1) is 0 Å². The Kier molecular flexibility index (Phi) is 10.4. The van der Waals surface area contributed by atoms with Gasteiger partial charge >= 0.3 is 0 Å². The molecule has 6 aromatic carbocycles. The number of hydrogen-bond acceptors (Lipinski definition) is 3. The molecule has 6 aromatic rings. The summed E-state index contributed by atoms with van der Waals surface area (Å²) in [5.41, 5.74) is 12.6. The summed E-state index contributed by atoms with van der Waals surface area (Å²) in [6.45, 7) is 13.0. The van der Waals surface area contributed by atoms with Crippen molar-refractivity contribution in [1.82, 2.24) is 0 Å². The molecule has 3 heteroatoms. The monoisotopic (exact) mass is 671 g/mol. The molecular weight excluding hydrogens is 619 g/mol. The van der Waals surface area contributed by atoms with E-state index in [2.05, 4.69) is 183 Å². The summed E-state index contributed by atoms with van der Waals surface area (Å²) in [4.78, 5) is 4.79. The molecule has 1 saturated carbocycles. The van der Waals surface area contributed by atoms with E-state index in [9.17, 15) is 0 Å². The molecule has 0 amide bonds. The number of nitrogens with zero attached hydrogens (tertiary/aromatic N) is 2. The first-order chi connectivity index (χ1) is 24.9. The van der Waals surface area contributed by atoms with E-state index < -0.39 is 0 Å². The van der Waals surface area contributed by atoms with Crippen LogP contribution in [0.2, 0.25) is 0 Å². The maximum absolute atomic E-state index is 4.00. The van der Waals surface area contributed by atoms with E-state index in [1.807, 2.05) is 0 Å². The normalized spacial score (nSPS) is 16.0. The highest BCUT2D eigenvalue weighted by atomic mass is 15.1. The molecule has 7 rings (SSSR count). The molecule has 1 N–H and O–H groups in total. The molecule has 3 nitrogen and oxygen atoms in total. The highest BCUT2D eigenvalue weighted by Gasteiger charge is 2.24. The predicted molar refractivity (Wildman–Crippen MR) is 221 cm³/mol. The molecule has 51 heavy (non-hydrogen) atoms. The van der Waals surface area contributed by atoms with Crippen molar-refractivity contribution in [1.29, 1.82) is 0 Å². The van der Waals surface area contributed by atoms with Gasteiger partial charge < -0.3 is 15.1 Å². The van der Waals surface area contributed by atoms with Crippen LogP contribution in [0.1, 0.15) is 80.2 Å². The Balaban J connectivity index is 1.31.